The van der Waals surface area contributed by atoms with E-state index in [1.54, 1.807) is 25.3 Å². The number of allylic oxidation sites excluding steroid dienone is 1. The second kappa shape index (κ2) is 18.8. The van der Waals surface area contributed by atoms with Gasteiger partial charge in [0.25, 0.3) is 0 Å². The van der Waals surface area contributed by atoms with E-state index in [2.05, 4.69) is 11.9 Å². The quantitative estimate of drug-likeness (QED) is 0.0590. The monoisotopic (exact) mass is 940 g/mol. The Kier molecular flexibility index (Phi) is 14.0. The van der Waals surface area contributed by atoms with Crippen LogP contribution in [0.1, 0.15) is 91.5 Å². The molecule has 3 fully saturated rings. The summed E-state index contributed by atoms with van der Waals surface area (Å²) in [5.41, 5.74) is 0.337. The molecule has 17 heteroatoms. The molecule has 6 atom stereocenters. The SMILES string of the molecule is C=C[C@@H]1C[C@]1(CC(=O)[C@@H]1C[C@@H](Oc2cc(-c3csc(NC(C)C)n3)nc3cc(OC)ccc23)CN1C(=O)[C@@H](CC(=O)OC1CCCC1)C(C)(C)C)P(=O)(O)Cc1c(F)cc(Cl)cc1F. The van der Waals surface area contributed by atoms with Gasteiger partial charge in [-0.05, 0) is 81.5 Å². The fraction of sp³-hybridized carbons (Fsp3) is 0.511. The normalized spacial score (nSPS) is 22.6. The van der Waals surface area contributed by atoms with Crippen molar-refractivity contribution in [2.24, 2.45) is 17.3 Å². The fourth-order valence-electron chi connectivity index (χ4n) is 9.09. The van der Waals surface area contributed by atoms with Crippen LogP contribution < -0.4 is 14.8 Å². The number of Topliss-reactive ketones (excluding diaryl/α,β-unsaturated/α-hetero) is 1. The van der Waals surface area contributed by atoms with Crippen LogP contribution in [0.2, 0.25) is 5.02 Å². The van der Waals surface area contributed by atoms with Crippen LogP contribution in [0.5, 0.6) is 11.5 Å². The number of methoxy groups -OCH3 is 1. The van der Waals surface area contributed by atoms with E-state index in [0.29, 0.717) is 33.8 Å². The van der Waals surface area contributed by atoms with Crippen LogP contribution >= 0.6 is 30.3 Å². The second-order valence-electron chi connectivity index (χ2n) is 18.7. The second-order valence-corrected chi connectivity index (χ2v) is 22.6. The van der Waals surface area contributed by atoms with Gasteiger partial charge in [-0.1, -0.05) is 38.4 Å². The molecule has 4 aromatic rings. The topological polar surface area (TPSA) is 157 Å². The third-order valence-corrected chi connectivity index (χ3v) is 16.5. The van der Waals surface area contributed by atoms with Crippen LogP contribution in [-0.4, -0.2) is 80.5 Å². The van der Waals surface area contributed by atoms with Crippen LogP contribution in [0.3, 0.4) is 0 Å². The Labute approximate surface area is 381 Å². The summed E-state index contributed by atoms with van der Waals surface area (Å²) in [6.45, 7) is 13.4. The summed E-state index contributed by atoms with van der Waals surface area (Å²) in [4.78, 5) is 66.1. The van der Waals surface area contributed by atoms with Gasteiger partial charge in [0.05, 0.1) is 54.6 Å². The lowest BCUT2D eigenvalue weighted by atomic mass is 9.77. The van der Waals surface area contributed by atoms with Crippen LogP contribution in [-0.2, 0) is 29.8 Å². The number of likely N-dealkylation sites (tertiary alicyclic amines) is 1. The number of benzene rings is 2. The van der Waals surface area contributed by atoms with Crippen molar-refractivity contribution in [3.05, 3.63) is 76.7 Å². The molecule has 1 aliphatic heterocycles. The minimum absolute atomic E-state index is 0.00737. The van der Waals surface area contributed by atoms with Gasteiger partial charge in [0.2, 0.25) is 13.3 Å². The van der Waals surface area contributed by atoms with Crippen molar-refractivity contribution in [3.63, 3.8) is 0 Å². The van der Waals surface area contributed by atoms with Crippen molar-refractivity contribution in [3.8, 4) is 22.9 Å². The summed E-state index contributed by atoms with van der Waals surface area (Å²) in [7, 11) is -2.99. The van der Waals surface area contributed by atoms with Crippen molar-refractivity contribution in [2.75, 3.05) is 19.0 Å². The van der Waals surface area contributed by atoms with E-state index in [-0.39, 0.29) is 43.0 Å². The summed E-state index contributed by atoms with van der Waals surface area (Å²) < 4.78 is 62.5. The first-order valence-electron chi connectivity index (χ1n) is 21.7. The highest BCUT2D eigenvalue weighted by Crippen LogP contribution is 2.74. The molecule has 1 unspecified atom stereocenters. The molecule has 12 nitrogen and oxygen atoms in total. The van der Waals surface area contributed by atoms with E-state index < -0.39 is 89.4 Å². The number of esters is 1. The van der Waals surface area contributed by atoms with Crippen LogP contribution in [0.4, 0.5) is 13.9 Å². The average Bonchev–Trinajstić information content (AvgIpc) is 3.62. The van der Waals surface area contributed by atoms with Crippen molar-refractivity contribution in [1.29, 1.82) is 0 Å². The van der Waals surface area contributed by atoms with Gasteiger partial charge in [-0.2, -0.15) is 0 Å². The number of thiazole rings is 1. The van der Waals surface area contributed by atoms with Gasteiger partial charge in [-0.15, -0.1) is 17.9 Å². The summed E-state index contributed by atoms with van der Waals surface area (Å²) in [5.74, 6) is -4.14. The number of carbonyl (C=O) groups excluding carboxylic acids is 3. The molecule has 64 heavy (non-hydrogen) atoms. The standard InChI is InChI=1S/C47H56ClF2N4O8PS/c1-8-27-21-47(27,63(58,59)24-33-35(49)15-28(48)16-36(33)50)22-41(55)40-18-31(23-54(40)44(57)34(46(4,5)6)19-43(56)62-29-11-9-10-12-29)61-42-20-38(39-25-64-45(53-39)51-26(2)3)52-37-17-30(60-7)13-14-32(37)42/h8,13-17,20,25-27,29,31,34,40H,1,9-12,18-19,21-24H2,2-7H3,(H,51,53)(H,58,59)/t27-,31-,34-,40+,47-/m1/s1. The van der Waals surface area contributed by atoms with Gasteiger partial charge in [0, 0.05) is 52.4 Å². The van der Waals surface area contributed by atoms with Gasteiger partial charge in [-0.25, -0.2) is 18.7 Å². The number of halogens is 3. The Morgan fingerprint density at radius 1 is 1.09 bits per heavy atom. The predicted molar refractivity (Wildman–Crippen MR) is 244 cm³/mol. The first-order valence-corrected chi connectivity index (χ1v) is 24.8. The number of carbonyl (C=O) groups is 3. The van der Waals surface area contributed by atoms with E-state index in [4.69, 9.17) is 35.8 Å². The largest absolute Gasteiger partial charge is 0.497 e. The Balaban J connectivity index is 1.23. The lowest BCUT2D eigenvalue weighted by molar-refractivity contribution is -0.156. The van der Waals surface area contributed by atoms with Gasteiger partial charge in [0.15, 0.2) is 10.9 Å². The zero-order valence-corrected chi connectivity index (χ0v) is 39.5. The van der Waals surface area contributed by atoms with Gasteiger partial charge < -0.3 is 29.3 Å². The number of nitrogens with one attached hydrogen (secondary N) is 1. The molecule has 2 aromatic heterocycles. The van der Waals surface area contributed by atoms with Crippen molar-refractivity contribution >= 4 is 64.0 Å². The molecule has 3 aliphatic rings. The molecule has 2 aromatic carbocycles. The number of pyridine rings is 1. The molecule has 1 amide bonds. The first kappa shape index (κ1) is 47.5. The van der Waals surface area contributed by atoms with Gasteiger partial charge >= 0.3 is 5.97 Å². The van der Waals surface area contributed by atoms with E-state index in [1.807, 2.05) is 46.1 Å². The fourth-order valence-corrected chi connectivity index (χ4v) is 12.7. The Bertz CT molecular complexity index is 2470. The minimum Gasteiger partial charge on any atom is -0.497 e. The number of hydrogen-bond donors (Lipinski definition) is 2. The Morgan fingerprint density at radius 2 is 1.80 bits per heavy atom. The van der Waals surface area contributed by atoms with Crippen LogP contribution in [0.15, 0.2) is 54.4 Å². The molecule has 3 heterocycles. The van der Waals surface area contributed by atoms with Gasteiger partial charge in [0.1, 0.15) is 41.0 Å². The molecule has 0 bridgehead atoms. The van der Waals surface area contributed by atoms with E-state index in [9.17, 15) is 23.8 Å². The highest BCUT2D eigenvalue weighted by Gasteiger charge is 2.65. The van der Waals surface area contributed by atoms with Crippen molar-refractivity contribution in [1.82, 2.24) is 14.9 Å². The summed E-state index contributed by atoms with van der Waals surface area (Å²) in [6, 6.07) is 7.90. The Morgan fingerprint density at radius 3 is 2.42 bits per heavy atom. The number of amides is 1. The number of rotatable bonds is 17. The molecule has 2 N–H and O–H groups in total. The van der Waals surface area contributed by atoms with Crippen LogP contribution in [0.25, 0.3) is 22.3 Å². The summed E-state index contributed by atoms with van der Waals surface area (Å²) in [6.07, 6.45) is 2.47. The molecule has 7 rings (SSSR count). The highest BCUT2D eigenvalue weighted by atomic mass is 35.5. The molecular formula is C47H56ClF2N4O8PS. The zero-order valence-electron chi connectivity index (χ0n) is 37.0. The van der Waals surface area contributed by atoms with Gasteiger partial charge in [-0.3, -0.25) is 18.9 Å². The first-order chi connectivity index (χ1) is 30.2. The average molecular weight is 941 g/mol. The lowest BCUT2D eigenvalue weighted by Crippen LogP contribution is -2.48. The maximum absolute atomic E-state index is 15.0. The van der Waals surface area contributed by atoms with E-state index in [1.165, 1.54) is 22.3 Å². The summed E-state index contributed by atoms with van der Waals surface area (Å²) >= 11 is 7.28. The van der Waals surface area contributed by atoms with Crippen LogP contribution in [0, 0.1) is 28.9 Å². The maximum atomic E-state index is 15.0. The summed E-state index contributed by atoms with van der Waals surface area (Å²) in [5, 5.41) is 4.77. The molecular weight excluding hydrogens is 885 g/mol. The number of aromatic nitrogens is 2. The number of fused-ring (bicyclic) bond motifs is 1. The van der Waals surface area contributed by atoms with Crippen molar-refractivity contribution < 1.29 is 46.8 Å². The Hall–Kier alpha value is -4.43. The minimum atomic E-state index is -4.55. The number of ketones is 1. The molecule has 2 aliphatic carbocycles. The molecule has 344 valence electrons. The molecule has 2 saturated carbocycles. The lowest BCUT2D eigenvalue weighted by Gasteiger charge is -2.35. The number of hydrogen-bond acceptors (Lipinski definition) is 11. The highest BCUT2D eigenvalue weighted by molar-refractivity contribution is 7.59. The van der Waals surface area contributed by atoms with E-state index >= 15 is 8.78 Å². The predicted octanol–water partition coefficient (Wildman–Crippen LogP) is 10.4. The molecule has 1 saturated heterocycles. The number of ether oxygens (including phenoxy) is 3. The molecule has 0 spiro atoms. The zero-order chi connectivity index (χ0) is 46.3. The smallest absolute Gasteiger partial charge is 0.306 e. The number of nitrogens with zero attached hydrogens (tertiary/aromatic N) is 3. The molecule has 0 radical (unpaired) electrons. The maximum Gasteiger partial charge on any atom is 0.306 e. The van der Waals surface area contributed by atoms with E-state index in [0.717, 1.165) is 42.9 Å². The third kappa shape index (κ3) is 10.2. The van der Waals surface area contributed by atoms with Crippen molar-refractivity contribution in [2.45, 2.75) is 122 Å². The third-order valence-electron chi connectivity index (χ3n) is 12.7. The number of anilines is 1.